The Hall–Kier alpha value is -3.29. The standard InChI is InChI=1S/C28H24BrNO4S/c1-3-33-28(32)25-26(31)24(35-27(25)30-21-10-5-4-6-11-21)16-19-12-13-23(22(29)15-19)34-17-20-9-7-8-18(2)14-20/h4-16,31H,3,17H2,1-2H3/b24-16-,30-27?. The fourth-order valence-corrected chi connectivity index (χ4v) is 5.00. The number of carbonyl (C=O) groups excluding carboxylic acids is 1. The highest BCUT2D eigenvalue weighted by molar-refractivity contribution is 9.10. The molecule has 0 bridgehead atoms. The molecule has 4 rings (SSSR count). The van der Waals surface area contributed by atoms with Crippen LogP contribution in [0.3, 0.4) is 0 Å². The predicted molar refractivity (Wildman–Crippen MR) is 145 cm³/mol. The molecule has 178 valence electrons. The predicted octanol–water partition coefficient (Wildman–Crippen LogP) is 7.53. The second-order valence-electron chi connectivity index (χ2n) is 7.77. The quantitative estimate of drug-likeness (QED) is 0.308. The second-order valence-corrected chi connectivity index (χ2v) is 9.66. The van der Waals surface area contributed by atoms with Crippen molar-refractivity contribution >= 4 is 50.5 Å². The molecular formula is C28H24BrNO4S. The van der Waals surface area contributed by atoms with Crippen molar-refractivity contribution in [3.05, 3.63) is 110 Å². The first-order chi connectivity index (χ1) is 16.9. The molecule has 3 aromatic carbocycles. The molecule has 1 aliphatic heterocycles. The van der Waals surface area contributed by atoms with Crippen LogP contribution in [0.5, 0.6) is 5.75 Å². The lowest BCUT2D eigenvalue weighted by Gasteiger charge is -2.10. The highest BCUT2D eigenvalue weighted by atomic mass is 79.9. The van der Waals surface area contributed by atoms with E-state index in [1.807, 2.05) is 66.7 Å². The Bertz CT molecular complexity index is 1330. The van der Waals surface area contributed by atoms with Crippen molar-refractivity contribution < 1.29 is 19.4 Å². The van der Waals surface area contributed by atoms with E-state index < -0.39 is 5.97 Å². The first kappa shape index (κ1) is 24.8. The summed E-state index contributed by atoms with van der Waals surface area (Å²) in [6.45, 7) is 4.44. The zero-order valence-electron chi connectivity index (χ0n) is 19.3. The lowest BCUT2D eigenvalue weighted by atomic mass is 10.1. The first-order valence-electron chi connectivity index (χ1n) is 11.1. The zero-order valence-corrected chi connectivity index (χ0v) is 21.7. The lowest BCUT2D eigenvalue weighted by molar-refractivity contribution is -0.138. The maximum Gasteiger partial charge on any atom is 0.344 e. The van der Waals surface area contributed by atoms with Crippen molar-refractivity contribution in [2.24, 2.45) is 4.99 Å². The summed E-state index contributed by atoms with van der Waals surface area (Å²) in [5.74, 6) is -0.0262. The van der Waals surface area contributed by atoms with Gasteiger partial charge in [0.1, 0.15) is 28.7 Å². The van der Waals surface area contributed by atoms with E-state index in [4.69, 9.17) is 9.47 Å². The second kappa shape index (κ2) is 11.4. The van der Waals surface area contributed by atoms with Crippen LogP contribution in [0.2, 0.25) is 0 Å². The Labute approximate surface area is 217 Å². The first-order valence-corrected chi connectivity index (χ1v) is 12.7. The van der Waals surface area contributed by atoms with Gasteiger partial charge in [0, 0.05) is 0 Å². The summed E-state index contributed by atoms with van der Waals surface area (Å²) in [6, 6.07) is 23.1. The Morgan fingerprint density at radius 1 is 1.09 bits per heavy atom. The molecule has 1 heterocycles. The number of carbonyl (C=O) groups is 1. The van der Waals surface area contributed by atoms with E-state index in [2.05, 4.69) is 40.0 Å². The van der Waals surface area contributed by atoms with Crippen LogP contribution in [0.25, 0.3) is 6.08 Å². The number of aliphatic imine (C=N–C) groups is 1. The number of thioether (sulfide) groups is 1. The van der Waals surface area contributed by atoms with Crippen LogP contribution < -0.4 is 4.74 Å². The summed E-state index contributed by atoms with van der Waals surface area (Å²) in [7, 11) is 0. The molecular weight excluding hydrogens is 526 g/mol. The molecule has 3 aromatic rings. The minimum atomic E-state index is -0.600. The largest absolute Gasteiger partial charge is 0.506 e. The molecule has 0 radical (unpaired) electrons. The molecule has 7 heteroatoms. The fraction of sp³-hybridized carbons (Fsp3) is 0.143. The monoisotopic (exact) mass is 549 g/mol. The number of esters is 1. The smallest absolute Gasteiger partial charge is 0.344 e. The summed E-state index contributed by atoms with van der Waals surface area (Å²) < 4.78 is 11.9. The number of hydrogen-bond donors (Lipinski definition) is 1. The number of benzene rings is 3. The molecule has 0 fully saturated rings. The van der Waals surface area contributed by atoms with Crippen molar-refractivity contribution in [3.63, 3.8) is 0 Å². The topological polar surface area (TPSA) is 68.1 Å². The van der Waals surface area contributed by atoms with Crippen LogP contribution in [-0.2, 0) is 16.1 Å². The van der Waals surface area contributed by atoms with Crippen molar-refractivity contribution in [2.45, 2.75) is 20.5 Å². The zero-order chi connectivity index (χ0) is 24.8. The molecule has 0 aromatic heterocycles. The minimum absolute atomic E-state index is 0.0733. The number of ether oxygens (including phenoxy) is 2. The molecule has 1 aliphatic rings. The normalized spacial score (nSPS) is 15.6. The van der Waals surface area contributed by atoms with Gasteiger partial charge in [-0.1, -0.05) is 65.9 Å². The average Bonchev–Trinajstić information content (AvgIpc) is 3.13. The van der Waals surface area contributed by atoms with Gasteiger partial charge in [-0.25, -0.2) is 9.79 Å². The van der Waals surface area contributed by atoms with Gasteiger partial charge < -0.3 is 14.6 Å². The van der Waals surface area contributed by atoms with Crippen LogP contribution in [0.15, 0.2) is 98.5 Å². The van der Waals surface area contributed by atoms with E-state index in [-0.39, 0.29) is 17.9 Å². The fourth-order valence-electron chi connectivity index (χ4n) is 3.45. The third-order valence-corrected chi connectivity index (χ3v) is 6.73. The third kappa shape index (κ3) is 6.24. The number of rotatable bonds is 7. The van der Waals surface area contributed by atoms with Crippen LogP contribution in [0.1, 0.15) is 23.6 Å². The Kier molecular flexibility index (Phi) is 8.10. The van der Waals surface area contributed by atoms with E-state index >= 15 is 0 Å². The Morgan fingerprint density at radius 2 is 1.89 bits per heavy atom. The van der Waals surface area contributed by atoms with Gasteiger partial charge in [-0.3, -0.25) is 0 Å². The summed E-state index contributed by atoms with van der Waals surface area (Å²) in [5.41, 5.74) is 3.87. The number of hydrogen-bond acceptors (Lipinski definition) is 6. The van der Waals surface area contributed by atoms with Gasteiger partial charge in [0.05, 0.1) is 21.7 Å². The minimum Gasteiger partial charge on any atom is -0.506 e. The van der Waals surface area contributed by atoms with Crippen molar-refractivity contribution in [1.29, 1.82) is 0 Å². The number of nitrogens with zero attached hydrogens (tertiary/aromatic N) is 1. The highest BCUT2D eigenvalue weighted by Gasteiger charge is 2.33. The number of halogens is 1. The number of aryl methyl sites for hydroxylation is 1. The van der Waals surface area contributed by atoms with E-state index in [1.165, 1.54) is 17.3 Å². The molecule has 35 heavy (non-hydrogen) atoms. The highest BCUT2D eigenvalue weighted by Crippen LogP contribution is 2.40. The molecule has 0 atom stereocenters. The van der Waals surface area contributed by atoms with Crippen LogP contribution in [0.4, 0.5) is 5.69 Å². The number of aliphatic hydroxyl groups excluding tert-OH is 1. The molecule has 5 nitrogen and oxygen atoms in total. The molecule has 0 unspecified atom stereocenters. The van der Waals surface area contributed by atoms with Gasteiger partial charge >= 0.3 is 5.97 Å². The van der Waals surface area contributed by atoms with E-state index in [0.717, 1.165) is 15.6 Å². The van der Waals surface area contributed by atoms with Crippen LogP contribution in [0, 0.1) is 6.92 Å². The Balaban J connectivity index is 1.58. The van der Waals surface area contributed by atoms with Gasteiger partial charge in [-0.15, -0.1) is 0 Å². The number of para-hydroxylation sites is 1. The third-order valence-electron chi connectivity index (χ3n) is 5.09. The van der Waals surface area contributed by atoms with Gasteiger partial charge in [0.2, 0.25) is 0 Å². The van der Waals surface area contributed by atoms with Gasteiger partial charge in [-0.2, -0.15) is 0 Å². The van der Waals surface area contributed by atoms with Gasteiger partial charge in [0.15, 0.2) is 0 Å². The molecule has 0 aliphatic carbocycles. The van der Waals surface area contributed by atoms with Crippen LogP contribution in [-0.4, -0.2) is 22.7 Å². The maximum absolute atomic E-state index is 12.6. The Morgan fingerprint density at radius 3 is 2.60 bits per heavy atom. The average molecular weight is 550 g/mol. The molecule has 0 amide bonds. The maximum atomic E-state index is 12.6. The summed E-state index contributed by atoms with van der Waals surface area (Å²) in [6.07, 6.45) is 1.81. The molecule has 1 N–H and O–H groups in total. The van der Waals surface area contributed by atoms with Crippen molar-refractivity contribution in [1.82, 2.24) is 0 Å². The number of aliphatic hydroxyl groups is 1. The lowest BCUT2D eigenvalue weighted by Crippen LogP contribution is -2.12. The van der Waals surface area contributed by atoms with E-state index in [9.17, 15) is 9.90 Å². The summed E-state index contributed by atoms with van der Waals surface area (Å²) in [5, 5.41) is 11.3. The van der Waals surface area contributed by atoms with E-state index in [1.54, 1.807) is 6.92 Å². The van der Waals surface area contributed by atoms with Gasteiger partial charge in [-0.05, 0) is 71.2 Å². The molecule has 0 saturated heterocycles. The SMILES string of the molecule is CCOC(=O)C1=C(O)/C(=C/c2ccc(OCc3cccc(C)c3)c(Br)c2)SC1=Nc1ccccc1. The summed E-state index contributed by atoms with van der Waals surface area (Å²) >= 11 is 4.81. The summed E-state index contributed by atoms with van der Waals surface area (Å²) in [4.78, 5) is 17.7. The molecule has 0 spiro atoms. The van der Waals surface area contributed by atoms with E-state index in [0.29, 0.717) is 28.0 Å². The molecule has 0 saturated carbocycles. The van der Waals surface area contributed by atoms with Crippen molar-refractivity contribution in [3.8, 4) is 5.75 Å². The van der Waals surface area contributed by atoms with Gasteiger partial charge in [0.25, 0.3) is 0 Å². The van der Waals surface area contributed by atoms with Crippen LogP contribution >= 0.6 is 27.7 Å². The van der Waals surface area contributed by atoms with Crippen molar-refractivity contribution in [2.75, 3.05) is 6.61 Å².